The maximum atomic E-state index is 5.61. The minimum atomic E-state index is 0.578. The molecule has 0 amide bonds. The van der Waals surface area contributed by atoms with Gasteiger partial charge >= 0.3 is 0 Å². The summed E-state index contributed by atoms with van der Waals surface area (Å²) in [5.74, 6) is 0. The van der Waals surface area contributed by atoms with E-state index in [0.29, 0.717) is 6.54 Å². The van der Waals surface area contributed by atoms with Gasteiger partial charge in [0.15, 0.2) is 0 Å². The van der Waals surface area contributed by atoms with Gasteiger partial charge in [-0.2, -0.15) is 0 Å². The maximum absolute atomic E-state index is 5.61. The van der Waals surface area contributed by atoms with Gasteiger partial charge in [0, 0.05) is 23.3 Å². The van der Waals surface area contributed by atoms with Crippen LogP contribution in [0, 0.1) is 0 Å². The van der Waals surface area contributed by atoms with Gasteiger partial charge in [-0.25, -0.2) is 0 Å². The Labute approximate surface area is 112 Å². The van der Waals surface area contributed by atoms with Gasteiger partial charge in [0.25, 0.3) is 0 Å². The second-order valence-corrected chi connectivity index (χ2v) is 4.55. The fraction of sp³-hybridized carbons (Fsp3) is 0.0588. The average Bonchev–Trinajstić information content (AvgIpc) is 2.48. The normalized spacial score (nSPS) is 10.6. The highest BCUT2D eigenvalue weighted by Crippen LogP contribution is 2.26. The van der Waals surface area contributed by atoms with Gasteiger partial charge in [0.05, 0.1) is 0 Å². The predicted molar refractivity (Wildman–Crippen MR) is 81.6 cm³/mol. The Balaban J connectivity index is 1.96. The van der Waals surface area contributed by atoms with Crippen molar-refractivity contribution in [2.24, 2.45) is 5.73 Å². The van der Waals surface area contributed by atoms with Gasteiger partial charge in [0.1, 0.15) is 0 Å². The molecule has 19 heavy (non-hydrogen) atoms. The zero-order chi connectivity index (χ0) is 13.1. The number of anilines is 2. The lowest BCUT2D eigenvalue weighted by molar-refractivity contribution is 1.07. The second kappa shape index (κ2) is 5.12. The summed E-state index contributed by atoms with van der Waals surface area (Å²) in [6.45, 7) is 0.578. The van der Waals surface area contributed by atoms with Crippen molar-refractivity contribution in [2.75, 3.05) is 5.32 Å². The van der Waals surface area contributed by atoms with E-state index in [1.807, 2.05) is 12.1 Å². The Morgan fingerprint density at radius 3 is 2.32 bits per heavy atom. The summed E-state index contributed by atoms with van der Waals surface area (Å²) >= 11 is 0. The molecule has 0 aliphatic rings. The lowest BCUT2D eigenvalue weighted by Crippen LogP contribution is -1.96. The van der Waals surface area contributed by atoms with E-state index >= 15 is 0 Å². The highest BCUT2D eigenvalue weighted by molar-refractivity contribution is 5.95. The Bertz CT molecular complexity index is 682. The molecule has 3 aromatic rings. The van der Waals surface area contributed by atoms with Crippen LogP contribution in [-0.2, 0) is 6.54 Å². The molecule has 3 rings (SSSR count). The minimum Gasteiger partial charge on any atom is -0.355 e. The van der Waals surface area contributed by atoms with E-state index in [9.17, 15) is 0 Å². The fourth-order valence-corrected chi connectivity index (χ4v) is 2.21. The summed E-state index contributed by atoms with van der Waals surface area (Å²) in [4.78, 5) is 0. The summed E-state index contributed by atoms with van der Waals surface area (Å²) < 4.78 is 0. The largest absolute Gasteiger partial charge is 0.355 e. The van der Waals surface area contributed by atoms with E-state index in [1.54, 1.807) is 0 Å². The fourth-order valence-electron chi connectivity index (χ4n) is 2.21. The smallest absolute Gasteiger partial charge is 0.0463 e. The van der Waals surface area contributed by atoms with Crippen LogP contribution in [0.15, 0.2) is 66.7 Å². The first kappa shape index (κ1) is 11.8. The quantitative estimate of drug-likeness (QED) is 0.734. The molecule has 0 fully saturated rings. The van der Waals surface area contributed by atoms with Crippen LogP contribution in [-0.4, -0.2) is 0 Å². The van der Waals surface area contributed by atoms with Crippen LogP contribution in [0.2, 0.25) is 0 Å². The molecule has 0 radical (unpaired) electrons. The summed E-state index contributed by atoms with van der Waals surface area (Å²) in [5, 5.41) is 5.93. The van der Waals surface area contributed by atoms with E-state index in [-0.39, 0.29) is 0 Å². The van der Waals surface area contributed by atoms with Crippen LogP contribution >= 0.6 is 0 Å². The number of hydrogen-bond donors (Lipinski definition) is 2. The highest BCUT2D eigenvalue weighted by Gasteiger charge is 2.00. The predicted octanol–water partition coefficient (Wildman–Crippen LogP) is 4.04. The lowest BCUT2D eigenvalue weighted by atomic mass is 10.1. The highest BCUT2D eigenvalue weighted by atomic mass is 14.9. The van der Waals surface area contributed by atoms with Crippen molar-refractivity contribution in [3.8, 4) is 0 Å². The summed E-state index contributed by atoms with van der Waals surface area (Å²) in [6, 6.07) is 22.9. The van der Waals surface area contributed by atoms with Crippen LogP contribution in [0.3, 0.4) is 0 Å². The Morgan fingerprint density at radius 2 is 1.53 bits per heavy atom. The number of benzene rings is 3. The monoisotopic (exact) mass is 248 g/mol. The topological polar surface area (TPSA) is 38.0 Å². The average molecular weight is 248 g/mol. The van der Waals surface area contributed by atoms with Gasteiger partial charge in [-0.3, -0.25) is 0 Å². The van der Waals surface area contributed by atoms with Crippen molar-refractivity contribution in [3.63, 3.8) is 0 Å². The van der Waals surface area contributed by atoms with Crippen LogP contribution in [0.25, 0.3) is 10.8 Å². The van der Waals surface area contributed by atoms with E-state index in [0.717, 1.165) is 16.9 Å². The van der Waals surface area contributed by atoms with Gasteiger partial charge in [-0.1, -0.05) is 48.5 Å². The summed E-state index contributed by atoms with van der Waals surface area (Å²) in [7, 11) is 0. The number of nitrogens with one attached hydrogen (secondary N) is 1. The molecule has 3 N–H and O–H groups in total. The first-order valence-corrected chi connectivity index (χ1v) is 6.40. The molecule has 94 valence electrons. The maximum Gasteiger partial charge on any atom is 0.0463 e. The van der Waals surface area contributed by atoms with Crippen molar-refractivity contribution >= 4 is 22.1 Å². The van der Waals surface area contributed by atoms with Crippen LogP contribution in [0.4, 0.5) is 11.4 Å². The molecule has 0 aliphatic heterocycles. The molecule has 0 atom stereocenters. The molecule has 0 aliphatic carbocycles. The molecule has 0 saturated carbocycles. The summed E-state index contributed by atoms with van der Waals surface area (Å²) in [5.41, 5.74) is 8.95. The van der Waals surface area contributed by atoms with Crippen LogP contribution in [0.5, 0.6) is 0 Å². The van der Waals surface area contributed by atoms with Crippen LogP contribution in [0.1, 0.15) is 5.56 Å². The van der Waals surface area contributed by atoms with E-state index in [1.165, 1.54) is 10.8 Å². The van der Waals surface area contributed by atoms with E-state index < -0.39 is 0 Å². The minimum absolute atomic E-state index is 0.578. The number of hydrogen-bond acceptors (Lipinski definition) is 2. The third-order valence-electron chi connectivity index (χ3n) is 3.26. The number of fused-ring (bicyclic) bond motifs is 1. The molecule has 2 nitrogen and oxygen atoms in total. The Hall–Kier alpha value is -2.32. The third-order valence-corrected chi connectivity index (χ3v) is 3.26. The molecule has 0 spiro atoms. The second-order valence-electron chi connectivity index (χ2n) is 4.55. The van der Waals surface area contributed by atoms with Gasteiger partial charge < -0.3 is 11.1 Å². The van der Waals surface area contributed by atoms with Crippen molar-refractivity contribution in [1.82, 2.24) is 0 Å². The van der Waals surface area contributed by atoms with Gasteiger partial charge in [-0.05, 0) is 29.1 Å². The third kappa shape index (κ3) is 2.44. The molecule has 0 bridgehead atoms. The van der Waals surface area contributed by atoms with E-state index in [2.05, 4.69) is 59.9 Å². The van der Waals surface area contributed by atoms with Gasteiger partial charge in [-0.15, -0.1) is 0 Å². The molecular formula is C17H16N2. The zero-order valence-corrected chi connectivity index (χ0v) is 10.6. The van der Waals surface area contributed by atoms with E-state index in [4.69, 9.17) is 5.73 Å². The first-order valence-electron chi connectivity index (χ1n) is 6.40. The van der Waals surface area contributed by atoms with Gasteiger partial charge in [0.2, 0.25) is 0 Å². The van der Waals surface area contributed by atoms with Crippen molar-refractivity contribution in [3.05, 3.63) is 72.3 Å². The van der Waals surface area contributed by atoms with Crippen molar-refractivity contribution < 1.29 is 0 Å². The van der Waals surface area contributed by atoms with Crippen LogP contribution < -0.4 is 11.1 Å². The van der Waals surface area contributed by atoms with Crippen molar-refractivity contribution in [2.45, 2.75) is 6.54 Å². The molecule has 0 aromatic heterocycles. The Kier molecular flexibility index (Phi) is 3.17. The standard InChI is InChI=1S/C17H16N2/c18-12-13-8-10-15(11-9-13)19-17-7-3-5-14-4-1-2-6-16(14)17/h1-11,19H,12,18H2. The number of rotatable bonds is 3. The molecule has 0 saturated heterocycles. The molecule has 0 heterocycles. The Morgan fingerprint density at radius 1 is 0.789 bits per heavy atom. The lowest BCUT2D eigenvalue weighted by Gasteiger charge is -2.10. The summed E-state index contributed by atoms with van der Waals surface area (Å²) in [6.07, 6.45) is 0. The molecule has 2 heteroatoms. The molecule has 0 unspecified atom stereocenters. The first-order chi connectivity index (χ1) is 9.36. The SMILES string of the molecule is NCc1ccc(Nc2cccc3ccccc23)cc1. The zero-order valence-electron chi connectivity index (χ0n) is 10.6. The molecule has 3 aromatic carbocycles. The number of nitrogens with two attached hydrogens (primary N) is 1. The molecular weight excluding hydrogens is 232 g/mol. The van der Waals surface area contributed by atoms with Crippen molar-refractivity contribution in [1.29, 1.82) is 0 Å².